The van der Waals surface area contributed by atoms with Crippen LogP contribution in [0, 0.1) is 0 Å². The Labute approximate surface area is 185 Å². The molecular formula is C27H22N2O3. The molecule has 5 heteroatoms. The third-order valence-electron chi connectivity index (χ3n) is 5.23. The number of aliphatic hydroxyl groups excluding tert-OH is 1. The molecule has 0 saturated carbocycles. The first kappa shape index (κ1) is 21.2. The lowest BCUT2D eigenvalue weighted by Gasteiger charge is -2.14. The summed E-state index contributed by atoms with van der Waals surface area (Å²) < 4.78 is 0. The molecule has 2 heterocycles. The number of hydrogen-bond acceptors (Lipinski definition) is 4. The molecule has 0 aliphatic rings. The summed E-state index contributed by atoms with van der Waals surface area (Å²) >= 11 is 0. The largest absolute Gasteiger partial charge is 0.477 e. The number of carboxylic acid groups (broad SMARTS) is 1. The zero-order chi connectivity index (χ0) is 22.7. The second-order valence-corrected chi connectivity index (χ2v) is 7.26. The molecule has 0 amide bonds. The average molecular weight is 422 g/mol. The molecule has 2 aromatic heterocycles. The molecule has 0 saturated heterocycles. The summed E-state index contributed by atoms with van der Waals surface area (Å²) in [4.78, 5) is 21.0. The highest BCUT2D eigenvalue weighted by atomic mass is 16.4. The van der Waals surface area contributed by atoms with Crippen molar-refractivity contribution in [2.75, 3.05) is 0 Å². The summed E-state index contributed by atoms with van der Waals surface area (Å²) in [6.45, 7) is 5.44. The van der Waals surface area contributed by atoms with Crippen LogP contribution in [-0.2, 0) is 6.61 Å². The van der Waals surface area contributed by atoms with Gasteiger partial charge >= 0.3 is 5.97 Å². The number of carbonyl (C=O) groups is 1. The van der Waals surface area contributed by atoms with Gasteiger partial charge in [-0.05, 0) is 41.3 Å². The highest BCUT2D eigenvalue weighted by molar-refractivity contribution is 6.12. The molecule has 0 radical (unpaired) electrons. The van der Waals surface area contributed by atoms with E-state index >= 15 is 0 Å². The molecule has 0 atom stereocenters. The molecule has 0 aliphatic carbocycles. The van der Waals surface area contributed by atoms with Crippen LogP contribution >= 0.6 is 0 Å². The molecule has 0 unspecified atom stereocenters. The minimum atomic E-state index is -1.12. The molecule has 0 bridgehead atoms. The molecule has 4 aromatic rings. The molecule has 2 aromatic carbocycles. The van der Waals surface area contributed by atoms with Gasteiger partial charge in [-0.2, -0.15) is 0 Å². The summed E-state index contributed by atoms with van der Waals surface area (Å²) in [6.07, 6.45) is 7.29. The molecule has 2 N–H and O–H groups in total. The van der Waals surface area contributed by atoms with Gasteiger partial charge in [0.1, 0.15) is 5.69 Å². The van der Waals surface area contributed by atoms with Gasteiger partial charge in [-0.3, -0.25) is 0 Å². The summed E-state index contributed by atoms with van der Waals surface area (Å²) in [5.74, 6) is -1.12. The molecule has 158 valence electrons. The number of rotatable bonds is 6. The minimum absolute atomic E-state index is 0.0723. The van der Waals surface area contributed by atoms with E-state index in [0.29, 0.717) is 16.7 Å². The topological polar surface area (TPSA) is 83.3 Å². The fraction of sp³-hybridized carbons (Fsp3) is 0.0741. The number of fused-ring (bicyclic) bond motifs is 3. The minimum Gasteiger partial charge on any atom is -0.477 e. The Morgan fingerprint density at radius 1 is 1.03 bits per heavy atom. The Morgan fingerprint density at radius 2 is 1.75 bits per heavy atom. The van der Waals surface area contributed by atoms with Crippen molar-refractivity contribution in [3.05, 3.63) is 102 Å². The van der Waals surface area contributed by atoms with Gasteiger partial charge in [0.2, 0.25) is 0 Å². The van der Waals surface area contributed by atoms with Gasteiger partial charge in [0, 0.05) is 10.8 Å². The number of carboxylic acids is 1. The number of aliphatic hydroxyl groups is 1. The maximum absolute atomic E-state index is 11.9. The van der Waals surface area contributed by atoms with Crippen LogP contribution in [0.3, 0.4) is 0 Å². The molecule has 5 nitrogen and oxygen atoms in total. The van der Waals surface area contributed by atoms with E-state index in [1.807, 2.05) is 73.7 Å². The summed E-state index contributed by atoms with van der Waals surface area (Å²) in [7, 11) is 0. The van der Waals surface area contributed by atoms with Crippen LogP contribution in [-0.4, -0.2) is 26.2 Å². The standard InChI is InChI=1S/C27H22N2O3/c1-3-8-17(9-4-2)23-15-24(27(31)32)29-26-21(23)13-12-20-22(18-10-6-5-7-11-18)14-19(16-30)28-25(20)26/h3-15,30H,1,16H2,2H3,(H,31,32)/b9-4-,17-8+. The lowest BCUT2D eigenvalue weighted by Crippen LogP contribution is -2.04. The fourth-order valence-electron chi connectivity index (χ4n) is 3.86. The average Bonchev–Trinajstić information content (AvgIpc) is 2.82. The number of aromatic nitrogens is 2. The van der Waals surface area contributed by atoms with Crippen molar-refractivity contribution in [2.45, 2.75) is 13.5 Å². The number of nitrogens with zero attached hydrogens (tertiary/aromatic N) is 2. The van der Waals surface area contributed by atoms with Crippen molar-refractivity contribution in [3.8, 4) is 11.1 Å². The van der Waals surface area contributed by atoms with E-state index in [4.69, 9.17) is 0 Å². The van der Waals surface area contributed by atoms with Gasteiger partial charge < -0.3 is 10.2 Å². The Kier molecular flexibility index (Phi) is 5.92. The van der Waals surface area contributed by atoms with Crippen LogP contribution in [0.4, 0.5) is 0 Å². The van der Waals surface area contributed by atoms with Crippen LogP contribution in [0.5, 0.6) is 0 Å². The van der Waals surface area contributed by atoms with E-state index < -0.39 is 5.97 Å². The smallest absolute Gasteiger partial charge is 0.354 e. The SMILES string of the molecule is C=C/C=C(\C=C/C)c1cc(C(=O)O)nc2c1ccc1c(-c3ccccc3)cc(CO)nc12. The van der Waals surface area contributed by atoms with Gasteiger partial charge in [0.15, 0.2) is 0 Å². The van der Waals surface area contributed by atoms with Crippen molar-refractivity contribution >= 4 is 33.3 Å². The molecule has 32 heavy (non-hydrogen) atoms. The van der Waals surface area contributed by atoms with Gasteiger partial charge in [0.05, 0.1) is 23.3 Å². The van der Waals surface area contributed by atoms with E-state index in [9.17, 15) is 15.0 Å². The fourth-order valence-corrected chi connectivity index (χ4v) is 3.86. The van der Waals surface area contributed by atoms with Crippen LogP contribution < -0.4 is 0 Å². The van der Waals surface area contributed by atoms with Crippen molar-refractivity contribution in [3.63, 3.8) is 0 Å². The second kappa shape index (κ2) is 8.96. The highest BCUT2D eigenvalue weighted by Crippen LogP contribution is 2.35. The maximum atomic E-state index is 11.9. The van der Waals surface area contributed by atoms with E-state index in [1.165, 1.54) is 0 Å². The van der Waals surface area contributed by atoms with Crippen molar-refractivity contribution in [1.29, 1.82) is 0 Å². The predicted molar refractivity (Wildman–Crippen MR) is 128 cm³/mol. The van der Waals surface area contributed by atoms with E-state index in [2.05, 4.69) is 16.5 Å². The maximum Gasteiger partial charge on any atom is 0.354 e. The Balaban J connectivity index is 2.17. The van der Waals surface area contributed by atoms with E-state index in [-0.39, 0.29) is 12.3 Å². The van der Waals surface area contributed by atoms with E-state index in [1.54, 1.807) is 12.1 Å². The lowest BCUT2D eigenvalue weighted by atomic mass is 9.95. The first-order valence-corrected chi connectivity index (χ1v) is 10.2. The monoisotopic (exact) mass is 422 g/mol. The number of pyridine rings is 2. The van der Waals surface area contributed by atoms with Crippen molar-refractivity contribution in [1.82, 2.24) is 9.97 Å². The summed E-state index contributed by atoms with van der Waals surface area (Å²) in [6, 6.07) is 17.2. The van der Waals surface area contributed by atoms with Crippen molar-refractivity contribution < 1.29 is 15.0 Å². The summed E-state index contributed by atoms with van der Waals surface area (Å²) in [5, 5.41) is 21.2. The number of allylic oxidation sites excluding steroid dienone is 5. The van der Waals surface area contributed by atoms with Gasteiger partial charge in [-0.25, -0.2) is 14.8 Å². The van der Waals surface area contributed by atoms with E-state index in [0.717, 1.165) is 33.0 Å². The first-order chi connectivity index (χ1) is 15.6. The zero-order valence-corrected chi connectivity index (χ0v) is 17.6. The Bertz CT molecular complexity index is 1400. The van der Waals surface area contributed by atoms with Gasteiger partial charge in [0.25, 0.3) is 0 Å². The molecule has 0 spiro atoms. The van der Waals surface area contributed by atoms with Crippen LogP contribution in [0.25, 0.3) is 38.5 Å². The van der Waals surface area contributed by atoms with Gasteiger partial charge in [-0.1, -0.05) is 73.3 Å². The molecule has 0 fully saturated rings. The highest BCUT2D eigenvalue weighted by Gasteiger charge is 2.17. The van der Waals surface area contributed by atoms with Crippen molar-refractivity contribution in [2.24, 2.45) is 0 Å². The summed E-state index contributed by atoms with van der Waals surface area (Å²) in [5.41, 5.74) is 4.87. The Morgan fingerprint density at radius 3 is 2.41 bits per heavy atom. The quantitative estimate of drug-likeness (QED) is 0.304. The van der Waals surface area contributed by atoms with Crippen LogP contribution in [0.15, 0.2) is 85.5 Å². The molecule has 0 aliphatic heterocycles. The number of hydrogen-bond donors (Lipinski definition) is 2. The number of aromatic carboxylic acids is 1. The first-order valence-electron chi connectivity index (χ1n) is 10.2. The normalized spacial score (nSPS) is 12.0. The van der Waals surface area contributed by atoms with Crippen LogP contribution in [0.2, 0.25) is 0 Å². The third kappa shape index (κ3) is 3.82. The lowest BCUT2D eigenvalue weighted by molar-refractivity contribution is 0.0691. The zero-order valence-electron chi connectivity index (χ0n) is 17.6. The third-order valence-corrected chi connectivity index (χ3v) is 5.23. The predicted octanol–water partition coefficient (Wildman–Crippen LogP) is 5.79. The molecular weight excluding hydrogens is 400 g/mol. The van der Waals surface area contributed by atoms with Crippen LogP contribution in [0.1, 0.15) is 28.7 Å². The molecule has 4 rings (SSSR count). The van der Waals surface area contributed by atoms with Gasteiger partial charge in [-0.15, -0.1) is 0 Å². The Hall–Kier alpha value is -4.09. The second-order valence-electron chi connectivity index (χ2n) is 7.26. The number of benzene rings is 2.